The van der Waals surface area contributed by atoms with Crippen LogP contribution in [0.3, 0.4) is 0 Å². The summed E-state index contributed by atoms with van der Waals surface area (Å²) in [7, 11) is 0. The first-order valence-electron chi connectivity index (χ1n) is 10.9. The minimum absolute atomic E-state index is 1.15. The van der Waals surface area contributed by atoms with Gasteiger partial charge in [-0.25, -0.2) is 0 Å². The van der Waals surface area contributed by atoms with Crippen molar-refractivity contribution in [2.75, 3.05) is 0 Å². The molecule has 0 aliphatic rings. The van der Waals surface area contributed by atoms with E-state index in [2.05, 4.69) is 40.6 Å². The normalized spacial score (nSPS) is 11.1. The van der Waals surface area contributed by atoms with Crippen LogP contribution >= 0.6 is 22.6 Å². The van der Waals surface area contributed by atoms with E-state index in [1.807, 2.05) is 12.3 Å². The number of nitrogens with zero attached hydrogens (tertiary/aromatic N) is 1. The molecular formula is C23H40IN. The first-order valence-corrected chi connectivity index (χ1v) is 12.0. The van der Waals surface area contributed by atoms with E-state index in [1.54, 1.807) is 0 Å². The van der Waals surface area contributed by atoms with Gasteiger partial charge in [0.25, 0.3) is 0 Å². The molecule has 0 atom stereocenters. The van der Waals surface area contributed by atoms with E-state index in [1.165, 1.54) is 112 Å². The number of hydrogen-bond acceptors (Lipinski definition) is 1. The van der Waals surface area contributed by atoms with Gasteiger partial charge in [-0.2, -0.15) is 0 Å². The van der Waals surface area contributed by atoms with Gasteiger partial charge in [-0.1, -0.05) is 103 Å². The van der Waals surface area contributed by atoms with E-state index < -0.39 is 0 Å². The van der Waals surface area contributed by atoms with Crippen LogP contribution in [0.15, 0.2) is 18.3 Å². The molecule has 1 aromatic rings. The average Bonchev–Trinajstić information content (AvgIpc) is 2.63. The number of rotatable bonds is 17. The van der Waals surface area contributed by atoms with Gasteiger partial charge < -0.3 is 0 Å². The van der Waals surface area contributed by atoms with Crippen molar-refractivity contribution >= 4 is 22.6 Å². The molecule has 1 rings (SSSR count). The summed E-state index contributed by atoms with van der Waals surface area (Å²) in [6.45, 7) is 2.29. The van der Waals surface area contributed by atoms with Crippen molar-refractivity contribution in [3.8, 4) is 0 Å². The van der Waals surface area contributed by atoms with E-state index in [0.29, 0.717) is 0 Å². The highest BCUT2D eigenvalue weighted by Gasteiger charge is 2.00. The predicted molar refractivity (Wildman–Crippen MR) is 120 cm³/mol. The summed E-state index contributed by atoms with van der Waals surface area (Å²) in [6.07, 6.45) is 26.0. The number of hydrogen-bond donors (Lipinski definition) is 0. The summed E-state index contributed by atoms with van der Waals surface area (Å²) in [5.41, 5.74) is 1.29. The van der Waals surface area contributed by atoms with Crippen LogP contribution in [-0.2, 0) is 6.42 Å². The molecule has 1 nitrogen and oxygen atoms in total. The average molecular weight is 457 g/mol. The summed E-state index contributed by atoms with van der Waals surface area (Å²) in [5.74, 6) is 0. The quantitative estimate of drug-likeness (QED) is 0.169. The molecule has 0 amide bonds. The molecule has 0 fully saturated rings. The summed E-state index contributed by atoms with van der Waals surface area (Å²) >= 11 is 2.40. The molecule has 1 aromatic heterocycles. The van der Waals surface area contributed by atoms with Crippen molar-refractivity contribution in [2.24, 2.45) is 0 Å². The first kappa shape index (κ1) is 22.9. The molecule has 0 aliphatic heterocycles. The predicted octanol–water partition coefficient (Wildman–Crippen LogP) is 8.49. The Labute approximate surface area is 170 Å². The SMILES string of the molecule is CCCCCCCCCCCCCCCCCCc1ncccc1I. The van der Waals surface area contributed by atoms with Crippen LogP contribution in [0.4, 0.5) is 0 Å². The second-order valence-electron chi connectivity index (χ2n) is 7.49. The molecule has 0 bridgehead atoms. The molecule has 0 radical (unpaired) electrons. The lowest BCUT2D eigenvalue weighted by atomic mass is 10.0. The van der Waals surface area contributed by atoms with Gasteiger partial charge in [-0.05, 0) is 47.6 Å². The maximum Gasteiger partial charge on any atom is 0.0536 e. The van der Waals surface area contributed by atoms with Gasteiger partial charge >= 0.3 is 0 Å². The maximum absolute atomic E-state index is 4.48. The van der Waals surface area contributed by atoms with Gasteiger partial charge in [0.1, 0.15) is 0 Å². The second kappa shape index (κ2) is 17.3. The zero-order valence-corrected chi connectivity index (χ0v) is 18.7. The summed E-state index contributed by atoms with van der Waals surface area (Å²) in [5, 5.41) is 0. The van der Waals surface area contributed by atoms with Crippen molar-refractivity contribution in [1.29, 1.82) is 0 Å². The lowest BCUT2D eigenvalue weighted by Gasteiger charge is -2.04. The molecule has 0 aromatic carbocycles. The molecule has 0 spiro atoms. The van der Waals surface area contributed by atoms with Gasteiger partial charge in [0.2, 0.25) is 0 Å². The Morgan fingerprint density at radius 2 is 1.12 bits per heavy atom. The third-order valence-electron chi connectivity index (χ3n) is 5.10. The fraction of sp³-hybridized carbons (Fsp3) is 0.783. The van der Waals surface area contributed by atoms with Crippen LogP contribution < -0.4 is 0 Å². The Morgan fingerprint density at radius 3 is 1.56 bits per heavy atom. The number of aryl methyl sites for hydroxylation is 1. The van der Waals surface area contributed by atoms with Crippen LogP contribution in [0.1, 0.15) is 115 Å². The Bertz CT molecular complexity index is 405. The van der Waals surface area contributed by atoms with Crippen molar-refractivity contribution < 1.29 is 0 Å². The molecule has 0 unspecified atom stereocenters. The number of unbranched alkanes of at least 4 members (excludes halogenated alkanes) is 15. The highest BCUT2D eigenvalue weighted by Crippen LogP contribution is 2.15. The van der Waals surface area contributed by atoms with Gasteiger partial charge in [0.05, 0.1) is 5.69 Å². The summed E-state index contributed by atoms with van der Waals surface area (Å²) < 4.78 is 1.32. The van der Waals surface area contributed by atoms with Gasteiger partial charge in [0.15, 0.2) is 0 Å². The molecule has 0 saturated carbocycles. The van der Waals surface area contributed by atoms with Crippen LogP contribution in [0.5, 0.6) is 0 Å². The first-order chi connectivity index (χ1) is 12.3. The van der Waals surface area contributed by atoms with E-state index in [9.17, 15) is 0 Å². The Balaban J connectivity index is 1.75. The Morgan fingerprint density at radius 1 is 0.680 bits per heavy atom. The van der Waals surface area contributed by atoms with Crippen molar-refractivity contribution in [2.45, 2.75) is 116 Å². The van der Waals surface area contributed by atoms with E-state index in [-0.39, 0.29) is 0 Å². The monoisotopic (exact) mass is 457 g/mol. The molecular weight excluding hydrogens is 417 g/mol. The maximum atomic E-state index is 4.48. The smallest absolute Gasteiger partial charge is 0.0536 e. The zero-order valence-electron chi connectivity index (χ0n) is 16.6. The Hall–Kier alpha value is -0.120. The summed E-state index contributed by atoms with van der Waals surface area (Å²) in [6, 6.07) is 4.19. The second-order valence-corrected chi connectivity index (χ2v) is 8.65. The number of halogens is 1. The largest absolute Gasteiger partial charge is 0.260 e. The topological polar surface area (TPSA) is 12.9 Å². The van der Waals surface area contributed by atoms with Gasteiger partial charge in [-0.3, -0.25) is 4.98 Å². The van der Waals surface area contributed by atoms with Gasteiger partial charge in [-0.15, -0.1) is 0 Å². The fourth-order valence-corrected chi connectivity index (χ4v) is 4.06. The third-order valence-corrected chi connectivity index (χ3v) is 6.08. The molecule has 0 N–H and O–H groups in total. The molecule has 25 heavy (non-hydrogen) atoms. The Kier molecular flexibility index (Phi) is 15.9. The lowest BCUT2D eigenvalue weighted by molar-refractivity contribution is 0.529. The van der Waals surface area contributed by atoms with Crippen molar-refractivity contribution in [1.82, 2.24) is 4.98 Å². The zero-order chi connectivity index (χ0) is 18.0. The van der Waals surface area contributed by atoms with E-state index in [0.717, 1.165) is 6.42 Å². The van der Waals surface area contributed by atoms with E-state index >= 15 is 0 Å². The van der Waals surface area contributed by atoms with Crippen molar-refractivity contribution in [3.63, 3.8) is 0 Å². The fourth-order valence-electron chi connectivity index (χ4n) is 3.44. The minimum atomic E-state index is 1.15. The molecule has 1 heterocycles. The highest BCUT2D eigenvalue weighted by atomic mass is 127. The molecule has 144 valence electrons. The minimum Gasteiger partial charge on any atom is -0.260 e. The summed E-state index contributed by atoms with van der Waals surface area (Å²) in [4.78, 5) is 4.48. The number of pyridine rings is 1. The standard InChI is InChI=1S/C23H40IN/c1-2-3-4-5-6-7-8-9-10-11-12-13-14-15-16-17-20-23-22(24)19-18-21-25-23/h18-19,21H,2-17,20H2,1H3. The van der Waals surface area contributed by atoms with Gasteiger partial charge in [0, 0.05) is 9.77 Å². The van der Waals surface area contributed by atoms with Crippen molar-refractivity contribution in [3.05, 3.63) is 27.6 Å². The number of aromatic nitrogens is 1. The molecule has 0 aliphatic carbocycles. The molecule has 2 heteroatoms. The third kappa shape index (κ3) is 13.7. The van der Waals surface area contributed by atoms with Crippen LogP contribution in [0.25, 0.3) is 0 Å². The van der Waals surface area contributed by atoms with E-state index in [4.69, 9.17) is 0 Å². The van der Waals surface area contributed by atoms with Crippen LogP contribution in [-0.4, -0.2) is 4.98 Å². The highest BCUT2D eigenvalue weighted by molar-refractivity contribution is 14.1. The molecule has 0 saturated heterocycles. The van der Waals surface area contributed by atoms with Crippen LogP contribution in [0, 0.1) is 3.57 Å². The van der Waals surface area contributed by atoms with Crippen LogP contribution in [0.2, 0.25) is 0 Å². The lowest BCUT2D eigenvalue weighted by Crippen LogP contribution is -1.93.